The summed E-state index contributed by atoms with van der Waals surface area (Å²) in [4.78, 5) is 26.4. The van der Waals surface area contributed by atoms with Crippen molar-refractivity contribution in [2.45, 2.75) is 38.5 Å². The molecule has 0 unspecified atom stereocenters. The van der Waals surface area contributed by atoms with Crippen LogP contribution in [0.25, 0.3) is 0 Å². The van der Waals surface area contributed by atoms with Crippen LogP contribution in [0.2, 0.25) is 0 Å². The summed E-state index contributed by atoms with van der Waals surface area (Å²) in [6, 6.07) is 3.89. The van der Waals surface area contributed by atoms with Crippen LogP contribution >= 0.6 is 0 Å². The molecule has 1 saturated heterocycles. The number of rotatable bonds is 8. The fourth-order valence-electron chi connectivity index (χ4n) is 3.47. The van der Waals surface area contributed by atoms with Gasteiger partial charge in [-0.05, 0) is 44.7 Å². The Morgan fingerprint density at radius 2 is 1.83 bits per heavy atom. The van der Waals surface area contributed by atoms with Crippen molar-refractivity contribution >= 4 is 27.3 Å². The predicted octanol–water partition coefficient (Wildman–Crippen LogP) is 2.32. The number of nitrogens with zero attached hydrogens (tertiary/aromatic N) is 4. The minimum absolute atomic E-state index is 0.0291. The third-order valence-electron chi connectivity index (χ3n) is 5.42. The van der Waals surface area contributed by atoms with E-state index in [1.165, 1.54) is 21.3 Å². The molecular weight excluding hydrogens is 396 g/mol. The molecule has 1 fully saturated rings. The third kappa shape index (κ3) is 5.24. The van der Waals surface area contributed by atoms with E-state index >= 15 is 0 Å². The van der Waals surface area contributed by atoms with E-state index in [9.17, 15) is 23.3 Å². The first-order valence-electron chi connectivity index (χ1n) is 9.89. The van der Waals surface area contributed by atoms with Gasteiger partial charge in [0.15, 0.2) is 0 Å². The number of carbonyl (C=O) groups excluding carboxylic acids is 1. The van der Waals surface area contributed by atoms with E-state index in [1.807, 2.05) is 13.8 Å². The molecule has 1 aliphatic rings. The molecule has 0 radical (unpaired) electrons. The second-order valence-electron chi connectivity index (χ2n) is 7.42. The van der Waals surface area contributed by atoms with Gasteiger partial charge in [0.05, 0.1) is 16.4 Å². The lowest BCUT2D eigenvalue weighted by molar-refractivity contribution is -0.384. The highest BCUT2D eigenvalue weighted by Crippen LogP contribution is 2.32. The molecule has 1 aliphatic heterocycles. The Balaban J connectivity index is 2.31. The Labute approximate surface area is 172 Å². The summed E-state index contributed by atoms with van der Waals surface area (Å²) in [5, 5.41) is 11.6. The maximum atomic E-state index is 12.9. The fraction of sp³-hybridized carbons (Fsp3) is 0.632. The van der Waals surface area contributed by atoms with Crippen molar-refractivity contribution in [3.8, 4) is 0 Å². The number of hydrogen-bond donors (Lipinski definition) is 0. The van der Waals surface area contributed by atoms with Gasteiger partial charge in [0.2, 0.25) is 15.9 Å². The molecule has 0 saturated carbocycles. The lowest BCUT2D eigenvalue weighted by atomic mass is 10.0. The van der Waals surface area contributed by atoms with Crippen LogP contribution in [0.4, 0.5) is 11.4 Å². The van der Waals surface area contributed by atoms with Gasteiger partial charge >= 0.3 is 0 Å². The molecule has 9 nitrogen and oxygen atoms in total. The summed E-state index contributed by atoms with van der Waals surface area (Å²) in [7, 11) is -2.21. The molecule has 0 aliphatic carbocycles. The zero-order chi connectivity index (χ0) is 21.8. The van der Waals surface area contributed by atoms with Crippen LogP contribution in [-0.2, 0) is 14.8 Å². The SMILES string of the molecule is CCN(CC)C(=O)CN(C)c1ccc(S(=O)(=O)N2CCC(C)CC2)cc1[N+](=O)[O-]. The Kier molecular flexibility index (Phi) is 7.59. The molecule has 2 rings (SSSR count). The topological polar surface area (TPSA) is 104 Å². The van der Waals surface area contributed by atoms with Gasteiger partial charge in [-0.15, -0.1) is 0 Å². The van der Waals surface area contributed by atoms with Crippen LogP contribution in [0.1, 0.15) is 33.6 Å². The summed E-state index contributed by atoms with van der Waals surface area (Å²) in [6.45, 7) is 7.72. The molecule has 0 aromatic heterocycles. The van der Waals surface area contributed by atoms with Gasteiger partial charge in [-0.25, -0.2) is 8.42 Å². The van der Waals surface area contributed by atoms with Crippen molar-refractivity contribution < 1.29 is 18.1 Å². The van der Waals surface area contributed by atoms with Crippen molar-refractivity contribution in [3.63, 3.8) is 0 Å². The average molecular weight is 427 g/mol. The largest absolute Gasteiger partial charge is 0.360 e. The molecule has 1 amide bonds. The number of piperidine rings is 1. The molecule has 0 spiro atoms. The molecule has 1 heterocycles. The number of likely N-dealkylation sites (N-methyl/N-ethyl adjacent to an activating group) is 2. The Morgan fingerprint density at radius 3 is 2.34 bits per heavy atom. The van der Waals surface area contributed by atoms with Crippen LogP contribution in [-0.4, -0.2) is 68.2 Å². The van der Waals surface area contributed by atoms with Crippen LogP contribution in [0.3, 0.4) is 0 Å². The summed E-state index contributed by atoms with van der Waals surface area (Å²) < 4.78 is 27.2. The summed E-state index contributed by atoms with van der Waals surface area (Å²) >= 11 is 0. The van der Waals surface area contributed by atoms with Crippen LogP contribution < -0.4 is 4.90 Å². The normalized spacial score (nSPS) is 15.9. The standard InChI is InChI=1S/C19H30N4O5S/c1-5-21(6-2)19(24)14-20(4)17-8-7-16(13-18(17)23(25)26)29(27,28)22-11-9-15(3)10-12-22/h7-8,13,15H,5-6,9-12,14H2,1-4H3. The first kappa shape index (κ1) is 23.1. The highest BCUT2D eigenvalue weighted by molar-refractivity contribution is 7.89. The van der Waals surface area contributed by atoms with Gasteiger partial charge in [0, 0.05) is 39.3 Å². The van der Waals surface area contributed by atoms with Crippen molar-refractivity contribution in [2.75, 3.05) is 44.7 Å². The lowest BCUT2D eigenvalue weighted by Gasteiger charge is -2.29. The van der Waals surface area contributed by atoms with Gasteiger partial charge in [0.25, 0.3) is 5.69 Å². The van der Waals surface area contributed by atoms with Crippen molar-refractivity contribution in [2.24, 2.45) is 5.92 Å². The Bertz CT molecular complexity index is 846. The van der Waals surface area contributed by atoms with E-state index in [4.69, 9.17) is 0 Å². The van der Waals surface area contributed by atoms with E-state index < -0.39 is 14.9 Å². The van der Waals surface area contributed by atoms with Crippen molar-refractivity contribution in [1.29, 1.82) is 0 Å². The highest BCUT2D eigenvalue weighted by Gasteiger charge is 2.31. The number of anilines is 1. The number of nitro benzene ring substituents is 1. The maximum Gasteiger partial charge on any atom is 0.293 e. The number of carbonyl (C=O) groups is 1. The van der Waals surface area contributed by atoms with E-state index in [0.717, 1.165) is 18.9 Å². The fourth-order valence-corrected chi connectivity index (χ4v) is 4.96. The van der Waals surface area contributed by atoms with Gasteiger partial charge in [-0.1, -0.05) is 6.92 Å². The lowest BCUT2D eigenvalue weighted by Crippen LogP contribution is -2.39. The second-order valence-corrected chi connectivity index (χ2v) is 9.35. The smallest absolute Gasteiger partial charge is 0.293 e. The van der Waals surface area contributed by atoms with Crippen LogP contribution in [0.15, 0.2) is 23.1 Å². The predicted molar refractivity (Wildman–Crippen MR) is 111 cm³/mol. The monoisotopic (exact) mass is 426 g/mol. The van der Waals surface area contributed by atoms with E-state index in [-0.39, 0.29) is 28.7 Å². The second kappa shape index (κ2) is 9.53. The number of benzene rings is 1. The Morgan fingerprint density at radius 1 is 1.24 bits per heavy atom. The van der Waals surface area contributed by atoms with Gasteiger partial charge in [-0.3, -0.25) is 14.9 Å². The molecule has 162 valence electrons. The molecule has 1 aromatic carbocycles. The first-order valence-corrected chi connectivity index (χ1v) is 11.3. The zero-order valence-electron chi connectivity index (χ0n) is 17.5. The highest BCUT2D eigenvalue weighted by atomic mass is 32.2. The molecule has 1 aromatic rings. The first-order chi connectivity index (χ1) is 13.6. The van der Waals surface area contributed by atoms with Gasteiger partial charge in [0.1, 0.15) is 5.69 Å². The molecule has 0 bridgehead atoms. The van der Waals surface area contributed by atoms with Crippen molar-refractivity contribution in [1.82, 2.24) is 9.21 Å². The van der Waals surface area contributed by atoms with E-state index in [2.05, 4.69) is 6.92 Å². The van der Waals surface area contributed by atoms with Crippen LogP contribution in [0, 0.1) is 16.0 Å². The zero-order valence-corrected chi connectivity index (χ0v) is 18.3. The Hall–Kier alpha value is -2.20. The summed E-state index contributed by atoms with van der Waals surface area (Å²) in [6.07, 6.45) is 1.55. The number of sulfonamides is 1. The quantitative estimate of drug-likeness (QED) is 0.467. The third-order valence-corrected chi connectivity index (χ3v) is 7.32. The minimum atomic E-state index is -3.79. The summed E-state index contributed by atoms with van der Waals surface area (Å²) in [5.74, 6) is 0.320. The molecule has 29 heavy (non-hydrogen) atoms. The van der Waals surface area contributed by atoms with Crippen molar-refractivity contribution in [3.05, 3.63) is 28.3 Å². The van der Waals surface area contributed by atoms with Gasteiger partial charge in [-0.2, -0.15) is 4.31 Å². The average Bonchev–Trinajstić information content (AvgIpc) is 2.68. The molecule has 0 N–H and O–H groups in total. The number of nitro groups is 1. The number of hydrogen-bond acceptors (Lipinski definition) is 6. The van der Waals surface area contributed by atoms with E-state index in [0.29, 0.717) is 32.1 Å². The maximum absolute atomic E-state index is 12.9. The molecule has 10 heteroatoms. The molecular formula is C19H30N4O5S. The number of amides is 1. The molecule has 0 atom stereocenters. The van der Waals surface area contributed by atoms with Crippen LogP contribution in [0.5, 0.6) is 0 Å². The van der Waals surface area contributed by atoms with Gasteiger partial charge < -0.3 is 9.80 Å². The van der Waals surface area contributed by atoms with E-state index in [1.54, 1.807) is 11.9 Å². The summed E-state index contributed by atoms with van der Waals surface area (Å²) in [5.41, 5.74) is -0.118. The minimum Gasteiger partial charge on any atom is -0.360 e.